The van der Waals surface area contributed by atoms with Crippen molar-refractivity contribution >= 4 is 10.0 Å². The van der Waals surface area contributed by atoms with Crippen molar-refractivity contribution < 1.29 is 31.1 Å². The van der Waals surface area contributed by atoms with E-state index in [2.05, 4.69) is 9.46 Å². The highest BCUT2D eigenvalue weighted by molar-refractivity contribution is 7.89. The van der Waals surface area contributed by atoms with Gasteiger partial charge in [-0.15, -0.1) is 13.2 Å². The molecule has 1 aliphatic rings. The van der Waals surface area contributed by atoms with Crippen LogP contribution in [-0.4, -0.2) is 33.5 Å². The maximum Gasteiger partial charge on any atom is 0.573 e. The third-order valence-electron chi connectivity index (χ3n) is 3.21. The van der Waals surface area contributed by atoms with E-state index in [9.17, 15) is 21.6 Å². The number of hydrogen-bond donors (Lipinski definition) is 1. The number of rotatable bonds is 5. The third-order valence-corrected chi connectivity index (χ3v) is 4.77. The van der Waals surface area contributed by atoms with E-state index >= 15 is 0 Å². The smallest absolute Gasteiger partial charge is 0.406 e. The van der Waals surface area contributed by atoms with Crippen molar-refractivity contribution in [2.24, 2.45) is 0 Å². The average molecular weight is 339 g/mol. The summed E-state index contributed by atoms with van der Waals surface area (Å²) >= 11 is 0. The van der Waals surface area contributed by atoms with Gasteiger partial charge in [0.1, 0.15) is 5.75 Å². The Hall–Kier alpha value is -1.32. The number of sulfonamides is 1. The van der Waals surface area contributed by atoms with Crippen LogP contribution in [0.15, 0.2) is 29.2 Å². The molecule has 0 spiro atoms. The largest absolute Gasteiger partial charge is 0.573 e. The molecule has 1 aromatic carbocycles. The number of benzene rings is 1. The summed E-state index contributed by atoms with van der Waals surface area (Å²) in [6, 6.07) is 3.79. The van der Waals surface area contributed by atoms with E-state index < -0.39 is 28.2 Å². The van der Waals surface area contributed by atoms with Gasteiger partial charge in [0, 0.05) is 18.7 Å². The molecule has 0 amide bonds. The molecule has 1 aliphatic heterocycles. The molecule has 22 heavy (non-hydrogen) atoms. The zero-order chi connectivity index (χ0) is 16.4. The lowest BCUT2D eigenvalue weighted by atomic mass is 10.1. The standard InChI is InChI=1S/C13H16F3NO4S/c1-9(12-6-3-7-20-12)17-22(18,19)11-5-2-4-10(8-11)21-13(14,15)16/h2,4-5,8-9,12,17H,3,6-7H2,1H3/t9-,12-/m0/s1. The third kappa shape index (κ3) is 4.59. The normalized spacial score (nSPS) is 20.8. The fourth-order valence-corrected chi connectivity index (χ4v) is 3.53. The summed E-state index contributed by atoms with van der Waals surface area (Å²) in [5.74, 6) is -0.583. The van der Waals surface area contributed by atoms with Crippen LogP contribution in [-0.2, 0) is 14.8 Å². The molecule has 9 heteroatoms. The monoisotopic (exact) mass is 339 g/mol. The van der Waals surface area contributed by atoms with Gasteiger partial charge in [-0.25, -0.2) is 13.1 Å². The van der Waals surface area contributed by atoms with Crippen molar-refractivity contribution in [3.8, 4) is 5.75 Å². The van der Waals surface area contributed by atoms with Gasteiger partial charge in [0.05, 0.1) is 11.0 Å². The summed E-state index contributed by atoms with van der Waals surface area (Å²) in [5, 5.41) is 0. The lowest BCUT2D eigenvalue weighted by Crippen LogP contribution is -2.40. The Morgan fingerprint density at radius 2 is 2.14 bits per heavy atom. The molecule has 1 saturated heterocycles. The Labute approximate surface area is 126 Å². The second-order valence-corrected chi connectivity index (χ2v) is 6.70. The summed E-state index contributed by atoms with van der Waals surface area (Å²) in [6.45, 7) is 2.23. The maximum atomic E-state index is 12.2. The van der Waals surface area contributed by atoms with Gasteiger partial charge in [-0.05, 0) is 31.9 Å². The summed E-state index contributed by atoms with van der Waals surface area (Å²) in [4.78, 5) is -0.293. The van der Waals surface area contributed by atoms with Crippen LogP contribution >= 0.6 is 0 Å². The average Bonchev–Trinajstić information content (AvgIpc) is 2.90. The van der Waals surface area contributed by atoms with Gasteiger partial charge < -0.3 is 9.47 Å². The van der Waals surface area contributed by atoms with Crippen molar-refractivity contribution in [1.82, 2.24) is 4.72 Å². The van der Waals surface area contributed by atoms with Gasteiger partial charge in [0.25, 0.3) is 0 Å². The lowest BCUT2D eigenvalue weighted by molar-refractivity contribution is -0.274. The first-order chi connectivity index (χ1) is 10.2. The van der Waals surface area contributed by atoms with Gasteiger partial charge in [0.2, 0.25) is 10.0 Å². The Kier molecular flexibility index (Phi) is 4.98. The number of alkyl halides is 3. The highest BCUT2D eigenvalue weighted by Gasteiger charge is 2.32. The molecule has 0 aromatic heterocycles. The van der Waals surface area contributed by atoms with E-state index in [0.717, 1.165) is 25.0 Å². The van der Waals surface area contributed by atoms with Crippen molar-refractivity contribution in [2.75, 3.05) is 6.61 Å². The highest BCUT2D eigenvalue weighted by Crippen LogP contribution is 2.25. The molecule has 5 nitrogen and oxygen atoms in total. The molecule has 0 aliphatic carbocycles. The summed E-state index contributed by atoms with van der Waals surface area (Å²) in [6.07, 6.45) is -3.52. The molecular formula is C13H16F3NO4S. The Morgan fingerprint density at radius 1 is 1.41 bits per heavy atom. The van der Waals surface area contributed by atoms with Gasteiger partial charge >= 0.3 is 6.36 Å². The predicted octanol–water partition coefficient (Wildman–Crippen LogP) is 2.43. The van der Waals surface area contributed by atoms with Crippen LogP contribution in [0.1, 0.15) is 19.8 Å². The van der Waals surface area contributed by atoms with E-state index in [1.807, 2.05) is 0 Å². The van der Waals surface area contributed by atoms with Crippen LogP contribution in [0.4, 0.5) is 13.2 Å². The first-order valence-electron chi connectivity index (χ1n) is 6.67. The first kappa shape index (κ1) is 17.0. The molecule has 0 bridgehead atoms. The van der Waals surface area contributed by atoms with E-state index in [-0.39, 0.29) is 11.0 Å². The molecule has 1 heterocycles. The van der Waals surface area contributed by atoms with Crippen molar-refractivity contribution in [1.29, 1.82) is 0 Å². The molecule has 1 N–H and O–H groups in total. The Morgan fingerprint density at radius 3 is 2.73 bits per heavy atom. The predicted molar refractivity (Wildman–Crippen MR) is 71.9 cm³/mol. The van der Waals surface area contributed by atoms with Crippen LogP contribution in [0, 0.1) is 0 Å². The lowest BCUT2D eigenvalue weighted by Gasteiger charge is -2.20. The summed E-state index contributed by atoms with van der Waals surface area (Å²) in [5.41, 5.74) is 0. The minimum Gasteiger partial charge on any atom is -0.406 e. The fraction of sp³-hybridized carbons (Fsp3) is 0.538. The van der Waals surface area contributed by atoms with Crippen molar-refractivity contribution in [3.05, 3.63) is 24.3 Å². The molecule has 0 radical (unpaired) electrons. The van der Waals surface area contributed by atoms with E-state index in [0.29, 0.717) is 6.61 Å². The van der Waals surface area contributed by atoms with Gasteiger partial charge in [-0.3, -0.25) is 0 Å². The Bertz CT molecular complexity index is 612. The van der Waals surface area contributed by atoms with Crippen LogP contribution < -0.4 is 9.46 Å². The zero-order valence-corrected chi connectivity index (χ0v) is 12.6. The van der Waals surface area contributed by atoms with Crippen molar-refractivity contribution in [2.45, 2.75) is 43.2 Å². The van der Waals surface area contributed by atoms with E-state index in [1.54, 1.807) is 6.92 Å². The zero-order valence-electron chi connectivity index (χ0n) is 11.8. The summed E-state index contributed by atoms with van der Waals surface area (Å²) < 4.78 is 72.5. The van der Waals surface area contributed by atoms with Gasteiger partial charge in [-0.1, -0.05) is 6.07 Å². The summed E-state index contributed by atoms with van der Waals surface area (Å²) in [7, 11) is -3.95. The second-order valence-electron chi connectivity index (χ2n) is 4.98. The minimum atomic E-state index is -4.87. The number of ether oxygens (including phenoxy) is 2. The molecule has 0 saturated carbocycles. The Balaban J connectivity index is 2.13. The molecule has 2 atom stereocenters. The van der Waals surface area contributed by atoms with Crippen LogP contribution in [0.25, 0.3) is 0 Å². The topological polar surface area (TPSA) is 64.6 Å². The first-order valence-corrected chi connectivity index (χ1v) is 8.15. The van der Waals surface area contributed by atoms with Crippen LogP contribution in [0.2, 0.25) is 0 Å². The van der Waals surface area contributed by atoms with Crippen LogP contribution in [0.3, 0.4) is 0 Å². The molecular weight excluding hydrogens is 323 g/mol. The maximum absolute atomic E-state index is 12.2. The number of nitrogens with one attached hydrogen (secondary N) is 1. The number of halogens is 3. The highest BCUT2D eigenvalue weighted by atomic mass is 32.2. The SMILES string of the molecule is C[C@H](NS(=O)(=O)c1cccc(OC(F)(F)F)c1)[C@@H]1CCCO1. The van der Waals surface area contributed by atoms with Gasteiger partial charge in [0.15, 0.2) is 0 Å². The minimum absolute atomic E-state index is 0.232. The fourth-order valence-electron chi connectivity index (χ4n) is 2.22. The molecule has 2 rings (SSSR count). The van der Waals surface area contributed by atoms with Crippen LogP contribution in [0.5, 0.6) is 5.75 Å². The number of hydrogen-bond acceptors (Lipinski definition) is 4. The van der Waals surface area contributed by atoms with E-state index in [4.69, 9.17) is 4.74 Å². The van der Waals surface area contributed by atoms with Crippen molar-refractivity contribution in [3.63, 3.8) is 0 Å². The molecule has 124 valence electrons. The molecule has 0 unspecified atom stereocenters. The van der Waals surface area contributed by atoms with E-state index in [1.165, 1.54) is 12.1 Å². The molecule has 1 fully saturated rings. The second kappa shape index (κ2) is 6.43. The molecule has 1 aromatic rings. The van der Waals surface area contributed by atoms with Gasteiger partial charge in [-0.2, -0.15) is 0 Å². The quantitative estimate of drug-likeness (QED) is 0.895.